The Labute approximate surface area is 63.9 Å². The van der Waals surface area contributed by atoms with Crippen molar-refractivity contribution in [1.82, 2.24) is 0 Å². The van der Waals surface area contributed by atoms with E-state index in [1.165, 1.54) is 12.1 Å². The number of phenols is 2. The summed E-state index contributed by atoms with van der Waals surface area (Å²) in [5.41, 5.74) is 0. The molecule has 0 bridgehead atoms. The molecule has 0 saturated carbocycles. The fraction of sp³-hybridized carbons (Fsp3) is 0. The van der Waals surface area contributed by atoms with Crippen molar-refractivity contribution in [2.45, 2.75) is 0 Å². The highest BCUT2D eigenvalue weighted by atomic mass is 27.0. The summed E-state index contributed by atoms with van der Waals surface area (Å²) in [6, 6.07) is 6.15. The summed E-state index contributed by atoms with van der Waals surface area (Å²) in [5, 5.41) is 17.3. The zero-order chi connectivity index (χ0) is 5.98. The molecule has 1 rings (SSSR count). The van der Waals surface area contributed by atoms with Gasteiger partial charge in [0.15, 0.2) is 28.9 Å². The van der Waals surface area contributed by atoms with E-state index in [2.05, 4.69) is 0 Å². The molecule has 2 N–H and O–H groups in total. The minimum Gasteiger partial charge on any atom is -0.504 e. The topological polar surface area (TPSA) is 40.5 Å². The van der Waals surface area contributed by atoms with Gasteiger partial charge >= 0.3 is 0 Å². The fourth-order valence-electron chi connectivity index (χ4n) is 0.464. The minimum absolute atomic E-state index is 0. The number of para-hydroxylation sites is 2. The van der Waals surface area contributed by atoms with Gasteiger partial charge < -0.3 is 10.2 Å². The van der Waals surface area contributed by atoms with Gasteiger partial charge in [0.05, 0.1) is 0 Å². The summed E-state index contributed by atoms with van der Waals surface area (Å²) >= 11 is 0. The third-order valence-corrected chi connectivity index (χ3v) is 0.882. The van der Waals surface area contributed by atoms with E-state index in [0.717, 1.165) is 0 Å². The number of rotatable bonds is 0. The molecule has 0 fully saturated rings. The normalized spacial score (nSPS) is 8.00. The molecular formula is C6H9AlO2. The van der Waals surface area contributed by atoms with Crippen LogP contribution >= 0.6 is 0 Å². The van der Waals surface area contributed by atoms with E-state index in [9.17, 15) is 0 Å². The van der Waals surface area contributed by atoms with Gasteiger partial charge in [-0.15, -0.1) is 0 Å². The van der Waals surface area contributed by atoms with Crippen molar-refractivity contribution in [3.05, 3.63) is 24.3 Å². The molecule has 3 heteroatoms. The van der Waals surface area contributed by atoms with Gasteiger partial charge in [0.25, 0.3) is 0 Å². The molecule has 0 amide bonds. The van der Waals surface area contributed by atoms with Gasteiger partial charge in [0, 0.05) is 0 Å². The number of hydrogen-bond donors (Lipinski definition) is 2. The molecule has 1 aromatic carbocycles. The molecule has 9 heavy (non-hydrogen) atoms. The first-order valence-electron chi connectivity index (χ1n) is 2.27. The third kappa shape index (κ3) is 1.97. The number of benzene rings is 1. The highest BCUT2D eigenvalue weighted by molar-refractivity contribution is 5.75. The van der Waals surface area contributed by atoms with Crippen LogP contribution in [0.2, 0.25) is 0 Å². The maximum absolute atomic E-state index is 8.67. The van der Waals surface area contributed by atoms with Gasteiger partial charge in [-0.1, -0.05) is 12.1 Å². The van der Waals surface area contributed by atoms with E-state index in [1.807, 2.05) is 0 Å². The van der Waals surface area contributed by atoms with E-state index in [-0.39, 0.29) is 28.9 Å². The Hall–Kier alpha value is -0.648. The van der Waals surface area contributed by atoms with Crippen molar-refractivity contribution >= 4 is 17.4 Å². The molecule has 0 aliphatic heterocycles. The van der Waals surface area contributed by atoms with Gasteiger partial charge in [-0.2, -0.15) is 0 Å². The predicted octanol–water partition coefficient (Wildman–Crippen LogP) is -0.0861. The average Bonchev–Trinajstić information content (AvgIpc) is 1.77. The van der Waals surface area contributed by atoms with Gasteiger partial charge in [-0.3, -0.25) is 0 Å². The van der Waals surface area contributed by atoms with Crippen LogP contribution in [0.3, 0.4) is 0 Å². The maximum Gasteiger partial charge on any atom is 0.187 e. The standard InChI is InChI=1S/C6H6O2.Al.3H/c7-5-3-1-2-4-6(5)8;;;;/h1-4,7-8H;;;;. The minimum atomic E-state index is -0.0764. The second kappa shape index (κ2) is 3.39. The first kappa shape index (κ1) is 8.35. The van der Waals surface area contributed by atoms with E-state index in [0.29, 0.717) is 0 Å². The molecular weight excluding hydrogens is 131 g/mol. The van der Waals surface area contributed by atoms with E-state index in [4.69, 9.17) is 10.2 Å². The van der Waals surface area contributed by atoms with Crippen molar-refractivity contribution in [3.8, 4) is 11.5 Å². The SMILES string of the molecule is Oc1ccccc1O.[AlH3]. The molecule has 0 saturated heterocycles. The average molecular weight is 140 g/mol. The molecule has 48 valence electrons. The largest absolute Gasteiger partial charge is 0.504 e. The van der Waals surface area contributed by atoms with Crippen molar-refractivity contribution in [2.75, 3.05) is 0 Å². The smallest absolute Gasteiger partial charge is 0.187 e. The highest BCUT2D eigenvalue weighted by Crippen LogP contribution is 2.21. The summed E-state index contributed by atoms with van der Waals surface area (Å²) in [4.78, 5) is 0. The first-order chi connectivity index (χ1) is 3.80. The van der Waals surface area contributed by atoms with Crippen LogP contribution in [0.25, 0.3) is 0 Å². The zero-order valence-corrected chi connectivity index (χ0v) is 4.20. The summed E-state index contributed by atoms with van der Waals surface area (Å²) in [5.74, 6) is -0.153. The summed E-state index contributed by atoms with van der Waals surface area (Å²) in [6.07, 6.45) is 0. The van der Waals surface area contributed by atoms with E-state index < -0.39 is 0 Å². The molecule has 2 nitrogen and oxygen atoms in total. The Morgan fingerprint density at radius 3 is 1.44 bits per heavy atom. The number of hydrogen-bond acceptors (Lipinski definition) is 2. The highest BCUT2D eigenvalue weighted by Gasteiger charge is 1.90. The second-order valence-electron chi connectivity index (χ2n) is 1.49. The van der Waals surface area contributed by atoms with Crippen LogP contribution < -0.4 is 0 Å². The molecule has 0 aromatic heterocycles. The maximum atomic E-state index is 8.67. The van der Waals surface area contributed by atoms with Gasteiger partial charge in [-0.25, -0.2) is 0 Å². The van der Waals surface area contributed by atoms with Crippen LogP contribution in [0.1, 0.15) is 0 Å². The molecule has 1 aromatic rings. The van der Waals surface area contributed by atoms with Crippen LogP contribution in [0, 0.1) is 0 Å². The summed E-state index contributed by atoms with van der Waals surface area (Å²) in [7, 11) is 0. The van der Waals surface area contributed by atoms with Crippen LogP contribution in [0.5, 0.6) is 11.5 Å². The van der Waals surface area contributed by atoms with Crippen LogP contribution in [0.15, 0.2) is 24.3 Å². The lowest BCUT2D eigenvalue weighted by molar-refractivity contribution is 0.404. The van der Waals surface area contributed by atoms with Crippen LogP contribution in [-0.2, 0) is 0 Å². The molecule has 0 heterocycles. The van der Waals surface area contributed by atoms with Crippen LogP contribution in [0.4, 0.5) is 0 Å². The van der Waals surface area contributed by atoms with Gasteiger partial charge in [0.2, 0.25) is 0 Å². The second-order valence-corrected chi connectivity index (χ2v) is 1.49. The number of aromatic hydroxyl groups is 2. The Balaban J connectivity index is 0.000000640. The summed E-state index contributed by atoms with van der Waals surface area (Å²) < 4.78 is 0. The Morgan fingerprint density at radius 1 is 0.889 bits per heavy atom. The molecule has 0 aliphatic carbocycles. The van der Waals surface area contributed by atoms with E-state index in [1.54, 1.807) is 12.1 Å². The fourth-order valence-corrected chi connectivity index (χ4v) is 0.464. The zero-order valence-electron chi connectivity index (χ0n) is 4.20. The van der Waals surface area contributed by atoms with Gasteiger partial charge in [0.1, 0.15) is 0 Å². The molecule has 0 aliphatic rings. The van der Waals surface area contributed by atoms with E-state index >= 15 is 0 Å². The monoisotopic (exact) mass is 140 g/mol. The van der Waals surface area contributed by atoms with Crippen molar-refractivity contribution in [3.63, 3.8) is 0 Å². The quantitative estimate of drug-likeness (QED) is 0.390. The Morgan fingerprint density at radius 2 is 1.22 bits per heavy atom. The number of phenolic OH excluding ortho intramolecular Hbond substituents is 2. The predicted molar refractivity (Wildman–Crippen MR) is 39.7 cm³/mol. The Kier molecular flexibility index (Phi) is 3.15. The lowest BCUT2D eigenvalue weighted by Crippen LogP contribution is -1.63. The summed E-state index contributed by atoms with van der Waals surface area (Å²) in [6.45, 7) is 0. The molecule has 0 spiro atoms. The first-order valence-corrected chi connectivity index (χ1v) is 2.27. The Bertz CT molecular complexity index is 167. The molecule has 0 unspecified atom stereocenters. The lowest BCUT2D eigenvalue weighted by atomic mass is 10.3. The molecule has 0 radical (unpaired) electrons. The van der Waals surface area contributed by atoms with Gasteiger partial charge in [-0.05, 0) is 12.1 Å². The third-order valence-electron chi connectivity index (χ3n) is 0.882. The molecule has 0 atom stereocenters. The lowest BCUT2D eigenvalue weighted by Gasteiger charge is -1.91. The van der Waals surface area contributed by atoms with Crippen molar-refractivity contribution in [2.24, 2.45) is 0 Å². The van der Waals surface area contributed by atoms with Crippen LogP contribution in [-0.4, -0.2) is 27.6 Å². The van der Waals surface area contributed by atoms with Crippen molar-refractivity contribution < 1.29 is 10.2 Å². The van der Waals surface area contributed by atoms with Crippen molar-refractivity contribution in [1.29, 1.82) is 0 Å².